The van der Waals surface area contributed by atoms with Crippen molar-refractivity contribution in [2.75, 3.05) is 0 Å². The summed E-state index contributed by atoms with van der Waals surface area (Å²) in [7, 11) is 0. The van der Waals surface area contributed by atoms with E-state index in [1.165, 1.54) is 43.3 Å². The van der Waals surface area contributed by atoms with Crippen LogP contribution in [0.3, 0.4) is 0 Å². The molecule has 0 amide bonds. The molecular formula is C13H22. The van der Waals surface area contributed by atoms with Gasteiger partial charge in [0.2, 0.25) is 0 Å². The summed E-state index contributed by atoms with van der Waals surface area (Å²) in [6.45, 7) is 12.3. The third kappa shape index (κ3) is 3.38. The van der Waals surface area contributed by atoms with Gasteiger partial charge in [-0.25, -0.2) is 0 Å². The molecule has 0 unspecified atom stereocenters. The van der Waals surface area contributed by atoms with Crippen LogP contribution in [0.2, 0.25) is 0 Å². The summed E-state index contributed by atoms with van der Waals surface area (Å²) in [5.74, 6) is 1.72. The fourth-order valence-corrected chi connectivity index (χ4v) is 2.35. The van der Waals surface area contributed by atoms with E-state index in [2.05, 4.69) is 27.0 Å². The van der Waals surface area contributed by atoms with Crippen molar-refractivity contribution in [1.29, 1.82) is 0 Å². The minimum Gasteiger partial charge on any atom is -0.100 e. The summed E-state index contributed by atoms with van der Waals surface area (Å²) in [5.41, 5.74) is 2.73. The summed E-state index contributed by atoms with van der Waals surface area (Å²) >= 11 is 0. The van der Waals surface area contributed by atoms with E-state index >= 15 is 0 Å². The van der Waals surface area contributed by atoms with E-state index < -0.39 is 0 Å². The lowest BCUT2D eigenvalue weighted by Gasteiger charge is -2.28. The van der Waals surface area contributed by atoms with Crippen molar-refractivity contribution in [1.82, 2.24) is 0 Å². The molecule has 1 aliphatic carbocycles. The van der Waals surface area contributed by atoms with Gasteiger partial charge < -0.3 is 0 Å². The largest absolute Gasteiger partial charge is 0.100 e. The van der Waals surface area contributed by atoms with Crippen molar-refractivity contribution in [2.45, 2.75) is 46.0 Å². The Hall–Kier alpha value is -0.520. The van der Waals surface area contributed by atoms with Crippen molar-refractivity contribution in [3.05, 3.63) is 24.3 Å². The van der Waals surface area contributed by atoms with Gasteiger partial charge in [0.15, 0.2) is 0 Å². The molecule has 0 aromatic carbocycles. The molecule has 0 nitrogen and oxygen atoms in total. The van der Waals surface area contributed by atoms with Crippen molar-refractivity contribution in [2.24, 2.45) is 11.8 Å². The number of hydrogen-bond acceptors (Lipinski definition) is 0. The van der Waals surface area contributed by atoms with E-state index in [0.717, 1.165) is 11.8 Å². The van der Waals surface area contributed by atoms with Crippen LogP contribution in [-0.2, 0) is 0 Å². The molecule has 1 fully saturated rings. The number of rotatable bonds is 3. The summed E-state index contributed by atoms with van der Waals surface area (Å²) in [6.07, 6.45) is 6.71. The Bertz CT molecular complexity index is 192. The Morgan fingerprint density at radius 3 is 2.00 bits per heavy atom. The molecule has 0 aromatic heterocycles. The highest BCUT2D eigenvalue weighted by Gasteiger charge is 2.20. The van der Waals surface area contributed by atoms with E-state index in [1.807, 2.05) is 0 Å². The Kier molecular flexibility index (Phi) is 3.77. The van der Waals surface area contributed by atoms with Crippen LogP contribution in [-0.4, -0.2) is 0 Å². The Morgan fingerprint density at radius 1 is 1.08 bits per heavy atom. The van der Waals surface area contributed by atoms with E-state index in [0.29, 0.717) is 0 Å². The first kappa shape index (κ1) is 10.6. The highest BCUT2D eigenvalue weighted by atomic mass is 14.3. The molecule has 0 heteroatoms. The topological polar surface area (TPSA) is 0 Å². The summed E-state index contributed by atoms with van der Waals surface area (Å²) in [6, 6.07) is 0. The molecule has 0 bridgehead atoms. The van der Waals surface area contributed by atoms with Crippen molar-refractivity contribution in [3.63, 3.8) is 0 Å². The molecular weight excluding hydrogens is 156 g/mol. The van der Waals surface area contributed by atoms with E-state index in [4.69, 9.17) is 0 Å². The maximum absolute atomic E-state index is 4.05. The molecule has 0 N–H and O–H groups in total. The summed E-state index contributed by atoms with van der Waals surface area (Å²) in [4.78, 5) is 0. The Labute approximate surface area is 82.7 Å². The van der Waals surface area contributed by atoms with E-state index in [9.17, 15) is 0 Å². The van der Waals surface area contributed by atoms with Crippen molar-refractivity contribution < 1.29 is 0 Å². The van der Waals surface area contributed by atoms with Crippen LogP contribution in [0.5, 0.6) is 0 Å². The van der Waals surface area contributed by atoms with Gasteiger partial charge in [-0.05, 0) is 57.8 Å². The highest BCUT2D eigenvalue weighted by Crippen LogP contribution is 2.34. The highest BCUT2D eigenvalue weighted by molar-refractivity contribution is 4.99. The quantitative estimate of drug-likeness (QED) is 0.564. The lowest BCUT2D eigenvalue weighted by atomic mass is 9.77. The molecule has 1 rings (SSSR count). The van der Waals surface area contributed by atoms with Crippen molar-refractivity contribution >= 4 is 0 Å². The van der Waals surface area contributed by atoms with E-state index in [1.54, 1.807) is 0 Å². The predicted molar refractivity (Wildman–Crippen MR) is 59.7 cm³/mol. The van der Waals surface area contributed by atoms with Gasteiger partial charge in [0.1, 0.15) is 0 Å². The molecule has 0 heterocycles. The zero-order valence-corrected chi connectivity index (χ0v) is 9.10. The first-order valence-corrected chi connectivity index (χ1v) is 5.39. The molecule has 13 heavy (non-hydrogen) atoms. The SMILES string of the molecule is C=C(C)CC1CCC(C(=C)C)CC1. The monoisotopic (exact) mass is 178 g/mol. The van der Waals surface area contributed by atoms with E-state index in [-0.39, 0.29) is 0 Å². The van der Waals surface area contributed by atoms with Crippen LogP contribution in [0.15, 0.2) is 24.3 Å². The van der Waals surface area contributed by atoms with Gasteiger partial charge in [-0.2, -0.15) is 0 Å². The third-order valence-corrected chi connectivity index (χ3v) is 3.18. The standard InChI is InChI=1S/C13H22/c1-10(2)9-12-5-7-13(8-6-12)11(3)4/h12-13H,1,3,5-9H2,2,4H3. The van der Waals surface area contributed by atoms with Gasteiger partial charge in [0.05, 0.1) is 0 Å². The minimum atomic E-state index is 0.807. The predicted octanol–water partition coefficient (Wildman–Crippen LogP) is 4.34. The first-order valence-electron chi connectivity index (χ1n) is 5.39. The minimum absolute atomic E-state index is 0.807. The molecule has 0 spiro atoms. The number of hydrogen-bond donors (Lipinski definition) is 0. The van der Waals surface area contributed by atoms with Gasteiger partial charge in [-0.1, -0.05) is 17.7 Å². The van der Waals surface area contributed by atoms with Gasteiger partial charge in [0.25, 0.3) is 0 Å². The van der Waals surface area contributed by atoms with Crippen LogP contribution < -0.4 is 0 Å². The van der Waals surface area contributed by atoms with Gasteiger partial charge in [-0.15, -0.1) is 6.58 Å². The zero-order chi connectivity index (χ0) is 9.84. The normalized spacial score (nSPS) is 28.5. The Balaban J connectivity index is 2.30. The second-order valence-corrected chi connectivity index (χ2v) is 4.73. The van der Waals surface area contributed by atoms with Gasteiger partial charge >= 0.3 is 0 Å². The van der Waals surface area contributed by atoms with Crippen LogP contribution in [0.25, 0.3) is 0 Å². The molecule has 0 atom stereocenters. The maximum Gasteiger partial charge on any atom is -0.0208 e. The fourth-order valence-electron chi connectivity index (χ4n) is 2.35. The average Bonchev–Trinajstić information content (AvgIpc) is 2.04. The van der Waals surface area contributed by atoms with Gasteiger partial charge in [-0.3, -0.25) is 0 Å². The maximum atomic E-state index is 4.05. The molecule has 74 valence electrons. The molecule has 0 radical (unpaired) electrons. The fraction of sp³-hybridized carbons (Fsp3) is 0.692. The molecule has 1 saturated carbocycles. The van der Waals surface area contributed by atoms with Gasteiger partial charge in [0, 0.05) is 0 Å². The lowest BCUT2D eigenvalue weighted by Crippen LogP contribution is -2.15. The smallest absolute Gasteiger partial charge is 0.0208 e. The first-order chi connectivity index (χ1) is 6.09. The molecule has 0 saturated heterocycles. The molecule has 1 aliphatic rings. The van der Waals surface area contributed by atoms with Crippen LogP contribution in [0.1, 0.15) is 46.0 Å². The molecule has 0 aromatic rings. The number of allylic oxidation sites excluding steroid dienone is 2. The second kappa shape index (κ2) is 4.64. The molecule has 0 aliphatic heterocycles. The summed E-state index contributed by atoms with van der Waals surface area (Å²) < 4.78 is 0. The van der Waals surface area contributed by atoms with Crippen LogP contribution in [0, 0.1) is 11.8 Å². The third-order valence-electron chi connectivity index (χ3n) is 3.18. The summed E-state index contributed by atoms with van der Waals surface area (Å²) in [5, 5.41) is 0. The Morgan fingerprint density at radius 2 is 1.62 bits per heavy atom. The van der Waals surface area contributed by atoms with Crippen molar-refractivity contribution in [3.8, 4) is 0 Å². The van der Waals surface area contributed by atoms with Crippen LogP contribution in [0.4, 0.5) is 0 Å². The lowest BCUT2D eigenvalue weighted by molar-refractivity contribution is 0.300. The second-order valence-electron chi connectivity index (χ2n) is 4.73. The van der Waals surface area contributed by atoms with Crippen LogP contribution >= 0.6 is 0 Å². The zero-order valence-electron chi connectivity index (χ0n) is 9.10. The average molecular weight is 178 g/mol.